The predicted octanol–water partition coefficient (Wildman–Crippen LogP) is 4.41. The van der Waals surface area contributed by atoms with Crippen LogP contribution < -0.4 is 11.1 Å². The number of carbonyl (C=O) groups is 1. The predicted molar refractivity (Wildman–Crippen MR) is 94.1 cm³/mol. The number of nitrogen functional groups attached to an aromatic ring is 1. The lowest BCUT2D eigenvalue weighted by Crippen LogP contribution is -2.11. The van der Waals surface area contributed by atoms with E-state index in [0.29, 0.717) is 16.4 Å². The summed E-state index contributed by atoms with van der Waals surface area (Å²) in [5.41, 5.74) is 8.77. The van der Waals surface area contributed by atoms with Gasteiger partial charge in [0.25, 0.3) is 5.91 Å². The minimum absolute atomic E-state index is 0.180. The van der Waals surface area contributed by atoms with Gasteiger partial charge >= 0.3 is 0 Å². The van der Waals surface area contributed by atoms with E-state index in [0.717, 1.165) is 15.7 Å². The van der Waals surface area contributed by atoms with Gasteiger partial charge in [-0.15, -0.1) is 11.3 Å². The van der Waals surface area contributed by atoms with Crippen LogP contribution in [0.5, 0.6) is 0 Å². The third-order valence-electron chi connectivity index (χ3n) is 3.01. The van der Waals surface area contributed by atoms with Gasteiger partial charge in [-0.3, -0.25) is 10.1 Å². The van der Waals surface area contributed by atoms with E-state index in [4.69, 9.17) is 5.73 Å². The van der Waals surface area contributed by atoms with Crippen molar-refractivity contribution in [2.75, 3.05) is 11.1 Å². The molecule has 4 nitrogen and oxygen atoms in total. The van der Waals surface area contributed by atoms with E-state index in [2.05, 4.69) is 26.2 Å². The summed E-state index contributed by atoms with van der Waals surface area (Å²) in [6.07, 6.45) is 0. The van der Waals surface area contributed by atoms with Gasteiger partial charge in [0.2, 0.25) is 0 Å². The third-order valence-corrected chi connectivity index (χ3v) is 4.30. The topological polar surface area (TPSA) is 68.0 Å². The van der Waals surface area contributed by atoms with E-state index < -0.39 is 0 Å². The molecule has 1 amide bonds. The SMILES string of the molecule is Nc1cccc(-c2csc(NC(=O)c3ccc(Br)cc3)n2)c1. The highest BCUT2D eigenvalue weighted by Crippen LogP contribution is 2.26. The molecule has 0 fully saturated rings. The molecule has 0 spiro atoms. The molecule has 3 rings (SSSR count). The van der Waals surface area contributed by atoms with E-state index in [1.165, 1.54) is 11.3 Å². The molecule has 3 N–H and O–H groups in total. The Hall–Kier alpha value is -2.18. The summed E-state index contributed by atoms with van der Waals surface area (Å²) in [5, 5.41) is 5.26. The lowest BCUT2D eigenvalue weighted by atomic mass is 10.1. The van der Waals surface area contributed by atoms with E-state index in [1.807, 2.05) is 41.8 Å². The van der Waals surface area contributed by atoms with Crippen LogP contribution in [0.4, 0.5) is 10.8 Å². The average molecular weight is 374 g/mol. The van der Waals surface area contributed by atoms with Gasteiger partial charge in [0.15, 0.2) is 5.13 Å². The Balaban J connectivity index is 1.77. The fourth-order valence-electron chi connectivity index (χ4n) is 1.93. The zero-order valence-electron chi connectivity index (χ0n) is 11.4. The van der Waals surface area contributed by atoms with Crippen molar-refractivity contribution in [3.8, 4) is 11.3 Å². The van der Waals surface area contributed by atoms with Crippen LogP contribution in [-0.4, -0.2) is 10.9 Å². The second-order valence-corrected chi connectivity index (χ2v) is 6.40. The third kappa shape index (κ3) is 3.35. The van der Waals surface area contributed by atoms with Gasteiger partial charge in [-0.2, -0.15) is 0 Å². The molecule has 0 radical (unpaired) electrons. The zero-order valence-corrected chi connectivity index (χ0v) is 13.8. The second-order valence-electron chi connectivity index (χ2n) is 4.62. The summed E-state index contributed by atoms with van der Waals surface area (Å²) in [5.74, 6) is -0.180. The first-order chi connectivity index (χ1) is 10.6. The van der Waals surface area contributed by atoms with Crippen LogP contribution in [0.2, 0.25) is 0 Å². The van der Waals surface area contributed by atoms with Gasteiger partial charge in [0.1, 0.15) is 0 Å². The van der Waals surface area contributed by atoms with Gasteiger partial charge in [0.05, 0.1) is 5.69 Å². The minimum atomic E-state index is -0.180. The first-order valence-corrected chi connectivity index (χ1v) is 8.17. The Morgan fingerprint density at radius 2 is 1.95 bits per heavy atom. The molecule has 6 heteroatoms. The molecule has 0 bridgehead atoms. The fourth-order valence-corrected chi connectivity index (χ4v) is 2.91. The molecule has 1 aromatic heterocycles. The number of hydrogen-bond donors (Lipinski definition) is 2. The summed E-state index contributed by atoms with van der Waals surface area (Å²) >= 11 is 4.73. The van der Waals surface area contributed by atoms with E-state index >= 15 is 0 Å². The highest BCUT2D eigenvalue weighted by atomic mass is 79.9. The molecular formula is C16H12BrN3OS. The van der Waals surface area contributed by atoms with Crippen molar-refractivity contribution in [2.24, 2.45) is 0 Å². The summed E-state index contributed by atoms with van der Waals surface area (Å²) < 4.78 is 0.933. The van der Waals surface area contributed by atoms with E-state index in [-0.39, 0.29) is 5.91 Å². The number of nitrogens with one attached hydrogen (secondary N) is 1. The number of carbonyl (C=O) groups excluding carboxylic acids is 1. The van der Waals surface area contributed by atoms with Crippen molar-refractivity contribution in [3.05, 3.63) is 63.9 Å². The summed E-state index contributed by atoms with van der Waals surface area (Å²) in [7, 11) is 0. The maximum Gasteiger partial charge on any atom is 0.257 e. The lowest BCUT2D eigenvalue weighted by Gasteiger charge is -2.02. The number of hydrogen-bond acceptors (Lipinski definition) is 4. The Morgan fingerprint density at radius 3 is 2.68 bits per heavy atom. The van der Waals surface area contributed by atoms with Gasteiger partial charge in [0, 0.05) is 26.7 Å². The van der Waals surface area contributed by atoms with Crippen molar-refractivity contribution in [1.82, 2.24) is 4.98 Å². The van der Waals surface area contributed by atoms with Crippen molar-refractivity contribution in [2.45, 2.75) is 0 Å². The zero-order chi connectivity index (χ0) is 15.5. The van der Waals surface area contributed by atoms with Crippen LogP contribution in [0.15, 0.2) is 58.4 Å². The van der Waals surface area contributed by atoms with Crippen molar-refractivity contribution >= 4 is 44.0 Å². The number of halogens is 1. The lowest BCUT2D eigenvalue weighted by molar-refractivity contribution is 0.102. The van der Waals surface area contributed by atoms with Crippen molar-refractivity contribution in [3.63, 3.8) is 0 Å². The quantitative estimate of drug-likeness (QED) is 0.668. The molecule has 1 heterocycles. The average Bonchev–Trinajstić information content (AvgIpc) is 2.96. The molecular weight excluding hydrogens is 362 g/mol. The molecule has 0 unspecified atom stereocenters. The highest BCUT2D eigenvalue weighted by molar-refractivity contribution is 9.10. The number of anilines is 2. The number of thiazole rings is 1. The standard InChI is InChI=1S/C16H12BrN3OS/c17-12-6-4-10(5-7-12)15(21)20-16-19-14(9-22-16)11-2-1-3-13(18)8-11/h1-9H,18H2,(H,19,20,21). The van der Waals surface area contributed by atoms with Crippen LogP contribution in [-0.2, 0) is 0 Å². The van der Waals surface area contributed by atoms with Gasteiger partial charge < -0.3 is 5.73 Å². The maximum atomic E-state index is 12.1. The normalized spacial score (nSPS) is 10.4. The Morgan fingerprint density at radius 1 is 1.18 bits per heavy atom. The maximum absolute atomic E-state index is 12.1. The first-order valence-electron chi connectivity index (χ1n) is 6.50. The minimum Gasteiger partial charge on any atom is -0.399 e. The summed E-state index contributed by atoms with van der Waals surface area (Å²) in [4.78, 5) is 16.6. The Bertz CT molecular complexity index is 814. The molecule has 0 aliphatic rings. The van der Waals surface area contributed by atoms with E-state index in [1.54, 1.807) is 12.1 Å². The molecule has 110 valence electrons. The van der Waals surface area contributed by atoms with Crippen LogP contribution in [0.25, 0.3) is 11.3 Å². The number of aromatic nitrogens is 1. The molecule has 2 aromatic carbocycles. The van der Waals surface area contributed by atoms with Gasteiger partial charge in [-0.05, 0) is 36.4 Å². The highest BCUT2D eigenvalue weighted by Gasteiger charge is 2.10. The van der Waals surface area contributed by atoms with Crippen LogP contribution >= 0.6 is 27.3 Å². The number of nitrogens with zero attached hydrogens (tertiary/aromatic N) is 1. The number of nitrogens with two attached hydrogens (primary N) is 1. The Labute approximate surface area is 140 Å². The molecule has 0 atom stereocenters. The van der Waals surface area contributed by atoms with E-state index in [9.17, 15) is 4.79 Å². The molecule has 0 aliphatic carbocycles. The van der Waals surface area contributed by atoms with Crippen molar-refractivity contribution < 1.29 is 4.79 Å². The number of benzene rings is 2. The van der Waals surface area contributed by atoms with Crippen LogP contribution in [0.1, 0.15) is 10.4 Å². The molecule has 22 heavy (non-hydrogen) atoms. The Kier molecular flexibility index (Phi) is 4.22. The second kappa shape index (κ2) is 6.29. The first kappa shape index (κ1) is 14.7. The fraction of sp³-hybridized carbons (Fsp3) is 0. The summed E-state index contributed by atoms with van der Waals surface area (Å²) in [6, 6.07) is 14.7. The van der Waals surface area contributed by atoms with Crippen LogP contribution in [0, 0.1) is 0 Å². The van der Waals surface area contributed by atoms with Gasteiger partial charge in [-0.1, -0.05) is 28.1 Å². The number of rotatable bonds is 3. The van der Waals surface area contributed by atoms with Crippen LogP contribution in [0.3, 0.4) is 0 Å². The van der Waals surface area contributed by atoms with Crippen molar-refractivity contribution in [1.29, 1.82) is 0 Å². The number of amides is 1. The van der Waals surface area contributed by atoms with Gasteiger partial charge in [-0.25, -0.2) is 4.98 Å². The molecule has 0 saturated heterocycles. The largest absolute Gasteiger partial charge is 0.399 e. The molecule has 0 saturated carbocycles. The summed E-state index contributed by atoms with van der Waals surface area (Å²) in [6.45, 7) is 0. The monoisotopic (exact) mass is 373 g/mol. The molecule has 0 aliphatic heterocycles. The smallest absolute Gasteiger partial charge is 0.257 e. The molecule has 3 aromatic rings.